The third-order valence-electron chi connectivity index (χ3n) is 2.80. The molecule has 0 spiro atoms. The maximum absolute atomic E-state index is 10.3. The number of aliphatic hydroxyl groups excluding tert-OH is 1. The summed E-state index contributed by atoms with van der Waals surface area (Å²) in [5.41, 5.74) is 7.76. The van der Waals surface area contributed by atoms with Gasteiger partial charge in [-0.2, -0.15) is 0 Å². The second-order valence-electron chi connectivity index (χ2n) is 3.92. The van der Waals surface area contributed by atoms with E-state index in [-0.39, 0.29) is 0 Å². The average Bonchev–Trinajstić information content (AvgIpc) is 2.39. The summed E-state index contributed by atoms with van der Waals surface area (Å²) >= 11 is 5.81. The lowest BCUT2D eigenvalue weighted by atomic mass is 10.00. The van der Waals surface area contributed by atoms with Crippen LogP contribution in [0.4, 0.5) is 5.69 Å². The molecule has 0 heterocycles. The zero-order valence-corrected chi connectivity index (χ0v) is 10.7. The van der Waals surface area contributed by atoms with Gasteiger partial charge in [-0.3, -0.25) is 0 Å². The molecule has 2 aromatic carbocycles. The van der Waals surface area contributed by atoms with Crippen LogP contribution in [0.5, 0.6) is 5.75 Å². The first-order chi connectivity index (χ1) is 8.63. The standard InChI is InChI=1S/C14H14ClNO2/c1-18-12-4-2-3-11(13(12)16)14(17)9-5-7-10(15)8-6-9/h2-8,14,17H,16H2,1H3. The number of para-hydroxylation sites is 1. The van der Waals surface area contributed by atoms with Gasteiger partial charge in [0.2, 0.25) is 0 Å². The number of anilines is 1. The first kappa shape index (κ1) is 12.7. The fourth-order valence-electron chi connectivity index (χ4n) is 1.80. The minimum absolute atomic E-state index is 0.447. The third kappa shape index (κ3) is 2.42. The van der Waals surface area contributed by atoms with Gasteiger partial charge in [-0.15, -0.1) is 0 Å². The fraction of sp³-hybridized carbons (Fsp3) is 0.143. The van der Waals surface area contributed by atoms with Gasteiger partial charge in [0.1, 0.15) is 11.9 Å². The van der Waals surface area contributed by atoms with E-state index in [0.29, 0.717) is 22.0 Å². The Hall–Kier alpha value is -1.71. The normalized spacial score (nSPS) is 12.2. The molecule has 94 valence electrons. The minimum atomic E-state index is -0.794. The second kappa shape index (κ2) is 5.29. The Morgan fingerprint density at radius 3 is 2.44 bits per heavy atom. The summed E-state index contributed by atoms with van der Waals surface area (Å²) in [4.78, 5) is 0. The maximum atomic E-state index is 10.3. The molecule has 0 saturated carbocycles. The van der Waals surface area contributed by atoms with Crippen LogP contribution in [0.3, 0.4) is 0 Å². The van der Waals surface area contributed by atoms with Crippen LogP contribution in [0, 0.1) is 0 Å². The Morgan fingerprint density at radius 2 is 1.83 bits per heavy atom. The molecule has 3 N–H and O–H groups in total. The summed E-state index contributed by atoms with van der Waals surface area (Å²) in [5.74, 6) is 0.556. The predicted molar refractivity (Wildman–Crippen MR) is 72.9 cm³/mol. The summed E-state index contributed by atoms with van der Waals surface area (Å²) in [5, 5.41) is 10.9. The van der Waals surface area contributed by atoms with E-state index >= 15 is 0 Å². The number of nitrogens with two attached hydrogens (primary N) is 1. The van der Waals surface area contributed by atoms with Crippen LogP contribution in [0.1, 0.15) is 17.2 Å². The van der Waals surface area contributed by atoms with Crippen molar-refractivity contribution in [2.24, 2.45) is 0 Å². The summed E-state index contributed by atoms with van der Waals surface area (Å²) in [6, 6.07) is 12.3. The number of methoxy groups -OCH3 is 1. The number of benzene rings is 2. The Labute approximate surface area is 111 Å². The molecule has 18 heavy (non-hydrogen) atoms. The molecule has 0 radical (unpaired) electrons. The van der Waals surface area contributed by atoms with Gasteiger partial charge in [-0.05, 0) is 23.8 Å². The molecule has 4 heteroatoms. The minimum Gasteiger partial charge on any atom is -0.495 e. The van der Waals surface area contributed by atoms with Gasteiger partial charge in [-0.25, -0.2) is 0 Å². The summed E-state index contributed by atoms with van der Waals surface area (Å²) in [6.07, 6.45) is -0.794. The van der Waals surface area contributed by atoms with Gasteiger partial charge in [0.25, 0.3) is 0 Å². The lowest BCUT2D eigenvalue weighted by molar-refractivity contribution is 0.220. The summed E-state index contributed by atoms with van der Waals surface area (Å²) < 4.78 is 5.13. The van der Waals surface area contributed by atoms with E-state index in [1.165, 1.54) is 0 Å². The molecular formula is C14H14ClNO2. The molecule has 0 aromatic heterocycles. The van der Waals surface area contributed by atoms with E-state index in [2.05, 4.69) is 0 Å². The highest BCUT2D eigenvalue weighted by atomic mass is 35.5. The number of hydrogen-bond acceptors (Lipinski definition) is 3. The maximum Gasteiger partial charge on any atom is 0.142 e. The quantitative estimate of drug-likeness (QED) is 0.837. The molecular weight excluding hydrogens is 250 g/mol. The van der Waals surface area contributed by atoms with Crippen molar-refractivity contribution >= 4 is 17.3 Å². The zero-order chi connectivity index (χ0) is 13.1. The van der Waals surface area contributed by atoms with Crippen molar-refractivity contribution in [3.05, 3.63) is 58.6 Å². The highest BCUT2D eigenvalue weighted by molar-refractivity contribution is 6.30. The molecule has 0 saturated heterocycles. The molecule has 0 aliphatic rings. The highest BCUT2D eigenvalue weighted by Crippen LogP contribution is 2.32. The number of halogens is 1. The SMILES string of the molecule is COc1cccc(C(O)c2ccc(Cl)cc2)c1N. The largest absolute Gasteiger partial charge is 0.495 e. The van der Waals surface area contributed by atoms with Crippen LogP contribution in [0.25, 0.3) is 0 Å². The van der Waals surface area contributed by atoms with E-state index in [9.17, 15) is 5.11 Å². The van der Waals surface area contributed by atoms with Crippen molar-refractivity contribution in [2.45, 2.75) is 6.10 Å². The molecule has 0 aliphatic heterocycles. The molecule has 1 unspecified atom stereocenters. The zero-order valence-electron chi connectivity index (χ0n) is 9.93. The van der Waals surface area contributed by atoms with Gasteiger partial charge in [0, 0.05) is 10.6 Å². The first-order valence-electron chi connectivity index (χ1n) is 5.49. The molecule has 2 aromatic rings. The Balaban J connectivity index is 2.39. The fourth-order valence-corrected chi connectivity index (χ4v) is 1.93. The number of ether oxygens (including phenoxy) is 1. The molecule has 2 rings (SSSR count). The van der Waals surface area contributed by atoms with Crippen LogP contribution in [0.15, 0.2) is 42.5 Å². The number of hydrogen-bond donors (Lipinski definition) is 2. The Kier molecular flexibility index (Phi) is 3.75. The molecule has 0 amide bonds. The molecule has 1 atom stereocenters. The number of rotatable bonds is 3. The average molecular weight is 264 g/mol. The summed E-state index contributed by atoms with van der Waals surface area (Å²) in [6.45, 7) is 0. The van der Waals surface area contributed by atoms with Crippen LogP contribution >= 0.6 is 11.6 Å². The van der Waals surface area contributed by atoms with Crippen molar-refractivity contribution in [3.8, 4) is 5.75 Å². The van der Waals surface area contributed by atoms with Crippen molar-refractivity contribution < 1.29 is 9.84 Å². The van der Waals surface area contributed by atoms with E-state index in [1.807, 2.05) is 0 Å². The first-order valence-corrected chi connectivity index (χ1v) is 5.87. The molecule has 0 bridgehead atoms. The predicted octanol–water partition coefficient (Wildman–Crippen LogP) is 3.01. The summed E-state index contributed by atoms with van der Waals surface area (Å²) in [7, 11) is 1.55. The van der Waals surface area contributed by atoms with Crippen molar-refractivity contribution in [2.75, 3.05) is 12.8 Å². The van der Waals surface area contributed by atoms with Crippen molar-refractivity contribution in [3.63, 3.8) is 0 Å². The monoisotopic (exact) mass is 263 g/mol. The molecule has 0 fully saturated rings. The lowest BCUT2D eigenvalue weighted by Crippen LogP contribution is -2.05. The Morgan fingerprint density at radius 1 is 1.17 bits per heavy atom. The smallest absolute Gasteiger partial charge is 0.142 e. The van der Waals surface area contributed by atoms with E-state index in [4.69, 9.17) is 22.1 Å². The molecule has 0 aliphatic carbocycles. The Bertz CT molecular complexity index is 540. The van der Waals surface area contributed by atoms with Crippen LogP contribution in [-0.4, -0.2) is 12.2 Å². The van der Waals surface area contributed by atoms with Crippen LogP contribution < -0.4 is 10.5 Å². The van der Waals surface area contributed by atoms with Gasteiger partial charge < -0.3 is 15.6 Å². The topological polar surface area (TPSA) is 55.5 Å². The van der Waals surface area contributed by atoms with E-state index in [0.717, 1.165) is 5.56 Å². The van der Waals surface area contributed by atoms with Crippen LogP contribution in [-0.2, 0) is 0 Å². The van der Waals surface area contributed by atoms with Crippen molar-refractivity contribution in [1.82, 2.24) is 0 Å². The van der Waals surface area contributed by atoms with Crippen molar-refractivity contribution in [1.29, 1.82) is 0 Å². The van der Waals surface area contributed by atoms with Crippen LogP contribution in [0.2, 0.25) is 5.02 Å². The van der Waals surface area contributed by atoms with Gasteiger partial charge >= 0.3 is 0 Å². The third-order valence-corrected chi connectivity index (χ3v) is 3.05. The van der Waals surface area contributed by atoms with Gasteiger partial charge in [0.15, 0.2) is 0 Å². The van der Waals surface area contributed by atoms with Gasteiger partial charge in [-0.1, -0.05) is 35.9 Å². The second-order valence-corrected chi connectivity index (χ2v) is 4.35. The molecule has 3 nitrogen and oxygen atoms in total. The number of aliphatic hydroxyl groups is 1. The van der Waals surface area contributed by atoms with Gasteiger partial charge in [0.05, 0.1) is 12.8 Å². The highest BCUT2D eigenvalue weighted by Gasteiger charge is 2.15. The lowest BCUT2D eigenvalue weighted by Gasteiger charge is -2.15. The van der Waals surface area contributed by atoms with E-state index in [1.54, 1.807) is 49.6 Å². The van der Waals surface area contributed by atoms with E-state index < -0.39 is 6.10 Å². The number of nitrogen functional groups attached to an aromatic ring is 1.